The molecule has 0 radical (unpaired) electrons. The smallest absolute Gasteiger partial charge is 0.384 e. The number of rotatable bonds is 5. The van der Waals surface area contributed by atoms with E-state index in [4.69, 9.17) is 15.9 Å². The van der Waals surface area contributed by atoms with E-state index >= 15 is 0 Å². The lowest BCUT2D eigenvalue weighted by Gasteiger charge is -2.28. The Morgan fingerprint density at radius 2 is 2.10 bits per heavy atom. The van der Waals surface area contributed by atoms with Crippen molar-refractivity contribution in [2.75, 3.05) is 32.8 Å². The Balaban J connectivity index is 1.99. The Labute approximate surface area is 125 Å². The summed E-state index contributed by atoms with van der Waals surface area (Å²) in [6.07, 6.45) is 8.54. The highest BCUT2D eigenvalue weighted by Gasteiger charge is 2.17. The molecule has 0 saturated carbocycles. The first-order chi connectivity index (χ1) is 10.3. The van der Waals surface area contributed by atoms with Crippen LogP contribution in [0.1, 0.15) is 5.56 Å². The van der Waals surface area contributed by atoms with Gasteiger partial charge < -0.3 is 9.47 Å². The van der Waals surface area contributed by atoms with E-state index in [2.05, 4.69) is 4.90 Å². The van der Waals surface area contributed by atoms with Crippen molar-refractivity contribution in [1.29, 1.82) is 0 Å². The molecule has 110 valence electrons. The molecular formula is C17H19NO3. The van der Waals surface area contributed by atoms with E-state index in [1.807, 2.05) is 48.4 Å². The number of ether oxygens (including phenoxy) is 2. The minimum Gasteiger partial charge on any atom is -0.447 e. The molecule has 1 aromatic rings. The van der Waals surface area contributed by atoms with Gasteiger partial charge in [-0.05, 0) is 11.6 Å². The number of esters is 1. The number of hydrogen-bond donors (Lipinski definition) is 0. The molecule has 1 aliphatic heterocycles. The van der Waals surface area contributed by atoms with Gasteiger partial charge in [-0.15, -0.1) is 6.42 Å². The van der Waals surface area contributed by atoms with Crippen molar-refractivity contribution in [2.45, 2.75) is 6.10 Å². The van der Waals surface area contributed by atoms with Gasteiger partial charge in [0.25, 0.3) is 0 Å². The third-order valence-electron chi connectivity index (χ3n) is 3.22. The average molecular weight is 285 g/mol. The predicted octanol–water partition coefficient (Wildman–Crippen LogP) is 1.58. The van der Waals surface area contributed by atoms with Gasteiger partial charge in [0, 0.05) is 25.6 Å². The van der Waals surface area contributed by atoms with Gasteiger partial charge in [0.2, 0.25) is 0 Å². The number of morpholine rings is 1. The highest BCUT2D eigenvalue weighted by atomic mass is 16.5. The van der Waals surface area contributed by atoms with Gasteiger partial charge in [-0.25, -0.2) is 4.79 Å². The monoisotopic (exact) mass is 285 g/mol. The lowest BCUT2D eigenvalue weighted by Crippen LogP contribution is -2.41. The van der Waals surface area contributed by atoms with Crippen molar-refractivity contribution < 1.29 is 14.3 Å². The van der Waals surface area contributed by atoms with Crippen LogP contribution < -0.4 is 0 Å². The predicted molar refractivity (Wildman–Crippen MR) is 81.4 cm³/mol. The molecule has 0 aromatic heterocycles. The summed E-state index contributed by atoms with van der Waals surface area (Å²) >= 11 is 0. The molecule has 2 rings (SSSR count). The van der Waals surface area contributed by atoms with Crippen LogP contribution >= 0.6 is 0 Å². The topological polar surface area (TPSA) is 38.8 Å². The van der Waals surface area contributed by atoms with Crippen molar-refractivity contribution in [1.82, 2.24) is 4.90 Å². The molecule has 1 heterocycles. The lowest BCUT2D eigenvalue weighted by atomic mass is 10.2. The largest absolute Gasteiger partial charge is 0.447 e. The fourth-order valence-corrected chi connectivity index (χ4v) is 2.13. The molecule has 4 nitrogen and oxygen atoms in total. The van der Waals surface area contributed by atoms with Gasteiger partial charge >= 0.3 is 5.97 Å². The number of benzene rings is 1. The van der Waals surface area contributed by atoms with Crippen LogP contribution in [0.3, 0.4) is 0 Å². The van der Waals surface area contributed by atoms with Gasteiger partial charge in [-0.1, -0.05) is 36.4 Å². The van der Waals surface area contributed by atoms with Crippen LogP contribution in [0.2, 0.25) is 0 Å². The number of nitrogens with zero attached hydrogens (tertiary/aromatic N) is 1. The molecule has 1 unspecified atom stereocenters. The SMILES string of the molecule is C#CC(=O)OC(/C=C/c1ccccc1)CN1CCOCC1. The molecule has 1 aliphatic rings. The number of terminal acetylenes is 1. The first kappa shape index (κ1) is 15.3. The molecule has 1 saturated heterocycles. The number of carbonyl (C=O) groups excluding carboxylic acids is 1. The van der Waals surface area contributed by atoms with Crippen LogP contribution in [0.25, 0.3) is 6.08 Å². The van der Waals surface area contributed by atoms with Crippen LogP contribution in [-0.4, -0.2) is 49.8 Å². The van der Waals surface area contributed by atoms with Gasteiger partial charge in [-0.3, -0.25) is 4.90 Å². The summed E-state index contributed by atoms with van der Waals surface area (Å²) in [4.78, 5) is 13.5. The molecule has 0 aliphatic carbocycles. The van der Waals surface area contributed by atoms with E-state index in [-0.39, 0.29) is 6.10 Å². The second-order valence-corrected chi connectivity index (χ2v) is 4.77. The highest BCUT2D eigenvalue weighted by Crippen LogP contribution is 2.07. The van der Waals surface area contributed by atoms with Gasteiger partial charge in [-0.2, -0.15) is 0 Å². The second-order valence-electron chi connectivity index (χ2n) is 4.77. The number of carbonyl (C=O) groups is 1. The van der Waals surface area contributed by atoms with Crippen LogP contribution in [0.4, 0.5) is 0 Å². The van der Waals surface area contributed by atoms with E-state index in [0.29, 0.717) is 19.8 Å². The Kier molecular flexibility index (Phi) is 6.01. The van der Waals surface area contributed by atoms with Crippen molar-refractivity contribution in [2.24, 2.45) is 0 Å². The molecular weight excluding hydrogens is 266 g/mol. The summed E-state index contributed by atoms with van der Waals surface area (Å²) in [7, 11) is 0. The maximum atomic E-state index is 11.3. The standard InChI is InChI=1S/C17H19NO3/c1-2-17(19)21-16(14-18-10-12-20-13-11-18)9-8-15-6-4-3-5-7-15/h1,3-9,16H,10-14H2/b9-8+. The highest BCUT2D eigenvalue weighted by molar-refractivity contribution is 5.87. The van der Waals surface area contributed by atoms with Crippen molar-refractivity contribution >= 4 is 12.0 Å². The normalized spacial score (nSPS) is 17.3. The van der Waals surface area contributed by atoms with Gasteiger partial charge in [0.05, 0.1) is 13.2 Å². The quantitative estimate of drug-likeness (QED) is 0.468. The summed E-state index contributed by atoms with van der Waals surface area (Å²) in [5.41, 5.74) is 1.06. The molecule has 0 amide bonds. The van der Waals surface area contributed by atoms with Crippen molar-refractivity contribution in [3.8, 4) is 12.3 Å². The van der Waals surface area contributed by atoms with Crippen LogP contribution in [-0.2, 0) is 14.3 Å². The Bertz CT molecular complexity index is 513. The molecule has 4 heteroatoms. The third kappa shape index (κ3) is 5.42. The molecule has 0 N–H and O–H groups in total. The zero-order chi connectivity index (χ0) is 14.9. The molecule has 1 atom stereocenters. The molecule has 0 bridgehead atoms. The molecule has 21 heavy (non-hydrogen) atoms. The fourth-order valence-electron chi connectivity index (χ4n) is 2.13. The van der Waals surface area contributed by atoms with Crippen LogP contribution in [0.15, 0.2) is 36.4 Å². The van der Waals surface area contributed by atoms with Gasteiger partial charge in [0.15, 0.2) is 0 Å². The van der Waals surface area contributed by atoms with Crippen molar-refractivity contribution in [3.63, 3.8) is 0 Å². The zero-order valence-electron chi connectivity index (χ0n) is 11.9. The van der Waals surface area contributed by atoms with Gasteiger partial charge in [0.1, 0.15) is 6.10 Å². The average Bonchev–Trinajstić information content (AvgIpc) is 2.54. The van der Waals surface area contributed by atoms with Crippen LogP contribution in [0, 0.1) is 12.3 Å². The first-order valence-electron chi connectivity index (χ1n) is 6.98. The maximum absolute atomic E-state index is 11.3. The first-order valence-corrected chi connectivity index (χ1v) is 6.98. The van der Waals surface area contributed by atoms with E-state index in [1.54, 1.807) is 0 Å². The van der Waals surface area contributed by atoms with Crippen LogP contribution in [0.5, 0.6) is 0 Å². The Morgan fingerprint density at radius 1 is 1.38 bits per heavy atom. The third-order valence-corrected chi connectivity index (χ3v) is 3.22. The minimum atomic E-state index is -0.633. The maximum Gasteiger partial charge on any atom is 0.384 e. The van der Waals surface area contributed by atoms with E-state index in [0.717, 1.165) is 18.7 Å². The lowest BCUT2D eigenvalue weighted by molar-refractivity contribution is -0.140. The Hall–Kier alpha value is -2.09. The second kappa shape index (κ2) is 8.25. The summed E-state index contributed by atoms with van der Waals surface area (Å²) in [6, 6.07) is 9.87. The minimum absolute atomic E-state index is 0.355. The summed E-state index contributed by atoms with van der Waals surface area (Å²) in [5, 5.41) is 0. The summed E-state index contributed by atoms with van der Waals surface area (Å²) in [5.74, 6) is 1.36. The fraction of sp³-hybridized carbons (Fsp3) is 0.353. The molecule has 1 fully saturated rings. The molecule has 0 spiro atoms. The summed E-state index contributed by atoms with van der Waals surface area (Å²) < 4.78 is 10.6. The molecule has 1 aromatic carbocycles. The van der Waals surface area contributed by atoms with E-state index < -0.39 is 5.97 Å². The van der Waals surface area contributed by atoms with Crippen molar-refractivity contribution in [3.05, 3.63) is 42.0 Å². The summed E-state index contributed by atoms with van der Waals surface area (Å²) in [6.45, 7) is 3.71. The van der Waals surface area contributed by atoms with E-state index in [1.165, 1.54) is 0 Å². The Morgan fingerprint density at radius 3 is 2.76 bits per heavy atom. The van der Waals surface area contributed by atoms with E-state index in [9.17, 15) is 4.79 Å². The number of hydrogen-bond acceptors (Lipinski definition) is 4. The zero-order valence-corrected chi connectivity index (χ0v) is 11.9.